The van der Waals surface area contributed by atoms with Gasteiger partial charge in [-0.1, -0.05) is 18.2 Å². The molecule has 26 heavy (non-hydrogen) atoms. The average molecular weight is 346 g/mol. The van der Waals surface area contributed by atoms with E-state index in [-0.39, 0.29) is 5.91 Å². The molecule has 0 bridgehead atoms. The van der Waals surface area contributed by atoms with E-state index in [1.165, 1.54) is 0 Å². The number of hydrogen-bond donors (Lipinski definition) is 2. The first-order valence-corrected chi connectivity index (χ1v) is 8.39. The number of aromatic nitrogens is 1. The summed E-state index contributed by atoms with van der Waals surface area (Å²) in [6.07, 6.45) is 3.27. The number of para-hydroxylation sites is 1. The van der Waals surface area contributed by atoms with Crippen LogP contribution in [0.1, 0.15) is 15.9 Å². The minimum atomic E-state index is -0.191. The molecule has 0 unspecified atom stereocenters. The van der Waals surface area contributed by atoms with Crippen LogP contribution in [0.5, 0.6) is 0 Å². The molecule has 0 fully saturated rings. The molecule has 5 heteroatoms. The third-order valence-electron chi connectivity index (χ3n) is 4.07. The number of rotatable bonds is 5. The Morgan fingerprint density at radius 3 is 2.38 bits per heavy atom. The highest BCUT2D eigenvalue weighted by Crippen LogP contribution is 2.21. The first-order valence-electron chi connectivity index (χ1n) is 8.39. The summed E-state index contributed by atoms with van der Waals surface area (Å²) in [4.78, 5) is 18.7. The normalized spacial score (nSPS) is 10.3. The van der Waals surface area contributed by atoms with Gasteiger partial charge in [-0.05, 0) is 48.9 Å². The van der Waals surface area contributed by atoms with Crippen LogP contribution in [0.25, 0.3) is 0 Å². The van der Waals surface area contributed by atoms with Crippen molar-refractivity contribution in [1.29, 1.82) is 0 Å². The Balaban J connectivity index is 1.73. The summed E-state index contributed by atoms with van der Waals surface area (Å²) in [5.41, 5.74) is 5.22. The Kier molecular flexibility index (Phi) is 5.17. The van der Waals surface area contributed by atoms with Crippen LogP contribution in [0, 0.1) is 6.92 Å². The lowest BCUT2D eigenvalue weighted by Gasteiger charge is -2.13. The van der Waals surface area contributed by atoms with E-state index in [9.17, 15) is 4.79 Å². The minimum absolute atomic E-state index is 0.191. The molecule has 3 aromatic rings. The van der Waals surface area contributed by atoms with Crippen molar-refractivity contribution in [2.45, 2.75) is 6.92 Å². The Bertz CT molecular complexity index is 904. The molecule has 132 valence electrons. The molecule has 1 heterocycles. The predicted molar refractivity (Wildman–Crippen MR) is 107 cm³/mol. The largest absolute Gasteiger partial charge is 0.378 e. The van der Waals surface area contributed by atoms with E-state index in [2.05, 4.69) is 15.6 Å². The number of hydrogen-bond acceptors (Lipinski definition) is 4. The third-order valence-corrected chi connectivity index (χ3v) is 4.07. The molecule has 0 aliphatic rings. The van der Waals surface area contributed by atoms with Gasteiger partial charge in [0.15, 0.2) is 0 Å². The molecule has 0 spiro atoms. The monoisotopic (exact) mass is 346 g/mol. The summed E-state index contributed by atoms with van der Waals surface area (Å²) in [5.74, 6) is -0.191. The van der Waals surface area contributed by atoms with Gasteiger partial charge in [0.25, 0.3) is 5.91 Å². The number of carbonyl (C=O) groups is 1. The van der Waals surface area contributed by atoms with Crippen molar-refractivity contribution in [2.75, 3.05) is 29.6 Å². The van der Waals surface area contributed by atoms with Gasteiger partial charge < -0.3 is 15.5 Å². The summed E-state index contributed by atoms with van der Waals surface area (Å²) in [7, 11) is 3.96. The second kappa shape index (κ2) is 7.70. The molecular weight excluding hydrogens is 324 g/mol. The summed E-state index contributed by atoms with van der Waals surface area (Å²) in [5, 5.41) is 6.20. The second-order valence-corrected chi connectivity index (χ2v) is 6.30. The molecule has 0 aliphatic carbocycles. The van der Waals surface area contributed by atoms with Gasteiger partial charge in [0.1, 0.15) is 0 Å². The summed E-state index contributed by atoms with van der Waals surface area (Å²) in [6, 6.07) is 17.5. The SMILES string of the molecule is Cc1ccccc1Nc1cncc(C(=O)Nc2ccc(N(C)C)cc2)c1. The van der Waals surface area contributed by atoms with Crippen LogP contribution in [0.4, 0.5) is 22.7 Å². The van der Waals surface area contributed by atoms with Crippen LogP contribution < -0.4 is 15.5 Å². The van der Waals surface area contributed by atoms with Gasteiger partial charge in [0.05, 0.1) is 17.4 Å². The maximum absolute atomic E-state index is 12.5. The standard InChI is InChI=1S/C21H22N4O/c1-15-6-4-5-7-20(15)23-18-12-16(13-22-14-18)21(26)24-17-8-10-19(11-9-17)25(2)3/h4-14,23H,1-3H3,(H,24,26). The van der Waals surface area contributed by atoms with Crippen LogP contribution in [0.3, 0.4) is 0 Å². The van der Waals surface area contributed by atoms with E-state index in [1.54, 1.807) is 18.5 Å². The van der Waals surface area contributed by atoms with Crippen LogP contribution >= 0.6 is 0 Å². The van der Waals surface area contributed by atoms with Gasteiger partial charge in [0, 0.05) is 37.4 Å². The number of aryl methyl sites for hydroxylation is 1. The number of nitrogens with zero attached hydrogens (tertiary/aromatic N) is 2. The highest BCUT2D eigenvalue weighted by atomic mass is 16.1. The van der Waals surface area contributed by atoms with Gasteiger partial charge in [-0.25, -0.2) is 0 Å². The van der Waals surface area contributed by atoms with E-state index in [1.807, 2.05) is 74.4 Å². The van der Waals surface area contributed by atoms with Gasteiger partial charge in [0.2, 0.25) is 0 Å². The fourth-order valence-corrected chi connectivity index (χ4v) is 2.55. The Labute approximate surface area is 153 Å². The molecule has 1 amide bonds. The molecule has 2 aromatic carbocycles. The van der Waals surface area contributed by atoms with Crippen molar-refractivity contribution < 1.29 is 4.79 Å². The van der Waals surface area contributed by atoms with Gasteiger partial charge in [-0.15, -0.1) is 0 Å². The minimum Gasteiger partial charge on any atom is -0.378 e. The number of pyridine rings is 1. The van der Waals surface area contributed by atoms with E-state index < -0.39 is 0 Å². The molecule has 0 saturated heterocycles. The molecule has 0 atom stereocenters. The van der Waals surface area contributed by atoms with Crippen molar-refractivity contribution >= 4 is 28.7 Å². The fourth-order valence-electron chi connectivity index (χ4n) is 2.55. The van der Waals surface area contributed by atoms with E-state index in [0.29, 0.717) is 5.56 Å². The first kappa shape index (κ1) is 17.5. The van der Waals surface area contributed by atoms with Crippen molar-refractivity contribution in [3.63, 3.8) is 0 Å². The van der Waals surface area contributed by atoms with Crippen LogP contribution in [0.2, 0.25) is 0 Å². The maximum atomic E-state index is 12.5. The first-order chi connectivity index (χ1) is 12.5. The maximum Gasteiger partial charge on any atom is 0.257 e. The van der Waals surface area contributed by atoms with Crippen molar-refractivity contribution in [1.82, 2.24) is 4.98 Å². The molecule has 5 nitrogen and oxygen atoms in total. The van der Waals surface area contributed by atoms with Crippen LogP contribution in [-0.2, 0) is 0 Å². The highest BCUT2D eigenvalue weighted by molar-refractivity contribution is 6.04. The third kappa shape index (κ3) is 4.19. The Hall–Kier alpha value is -3.34. The molecular formula is C21H22N4O. The zero-order chi connectivity index (χ0) is 18.5. The molecule has 2 N–H and O–H groups in total. The second-order valence-electron chi connectivity index (χ2n) is 6.30. The van der Waals surface area contributed by atoms with Crippen LogP contribution in [0.15, 0.2) is 67.0 Å². The molecule has 0 radical (unpaired) electrons. The van der Waals surface area contributed by atoms with Crippen molar-refractivity contribution in [2.24, 2.45) is 0 Å². The highest BCUT2D eigenvalue weighted by Gasteiger charge is 2.08. The lowest BCUT2D eigenvalue weighted by atomic mass is 10.2. The summed E-state index contributed by atoms with van der Waals surface area (Å²) in [6.45, 7) is 2.03. The van der Waals surface area contributed by atoms with E-state index in [0.717, 1.165) is 28.3 Å². The Morgan fingerprint density at radius 1 is 0.962 bits per heavy atom. The lowest BCUT2D eigenvalue weighted by molar-refractivity contribution is 0.102. The molecule has 3 rings (SSSR count). The van der Waals surface area contributed by atoms with E-state index >= 15 is 0 Å². The number of nitrogens with one attached hydrogen (secondary N) is 2. The van der Waals surface area contributed by atoms with Gasteiger partial charge in [-0.3, -0.25) is 9.78 Å². The zero-order valence-corrected chi connectivity index (χ0v) is 15.2. The fraction of sp³-hybridized carbons (Fsp3) is 0.143. The van der Waals surface area contributed by atoms with Gasteiger partial charge in [-0.2, -0.15) is 0 Å². The number of benzene rings is 2. The number of anilines is 4. The van der Waals surface area contributed by atoms with Crippen LogP contribution in [-0.4, -0.2) is 25.0 Å². The quantitative estimate of drug-likeness (QED) is 0.716. The molecule has 0 aliphatic heterocycles. The topological polar surface area (TPSA) is 57.3 Å². The Morgan fingerprint density at radius 2 is 1.69 bits per heavy atom. The smallest absolute Gasteiger partial charge is 0.257 e. The summed E-state index contributed by atoms with van der Waals surface area (Å²) >= 11 is 0. The molecule has 1 aromatic heterocycles. The predicted octanol–water partition coefficient (Wildman–Crippen LogP) is 4.45. The average Bonchev–Trinajstić information content (AvgIpc) is 2.64. The lowest BCUT2D eigenvalue weighted by Crippen LogP contribution is -2.13. The van der Waals surface area contributed by atoms with Crippen molar-refractivity contribution in [3.05, 3.63) is 78.1 Å². The summed E-state index contributed by atoms with van der Waals surface area (Å²) < 4.78 is 0. The van der Waals surface area contributed by atoms with Crippen molar-refractivity contribution in [3.8, 4) is 0 Å². The van der Waals surface area contributed by atoms with E-state index in [4.69, 9.17) is 0 Å². The van der Waals surface area contributed by atoms with Gasteiger partial charge >= 0.3 is 0 Å². The zero-order valence-electron chi connectivity index (χ0n) is 15.2. The molecule has 0 saturated carbocycles. The number of carbonyl (C=O) groups excluding carboxylic acids is 1. The number of amides is 1.